The summed E-state index contributed by atoms with van der Waals surface area (Å²) < 4.78 is 3.03. The summed E-state index contributed by atoms with van der Waals surface area (Å²) in [5.41, 5.74) is 3.70. The third kappa shape index (κ3) is 5.45. The van der Waals surface area contributed by atoms with Gasteiger partial charge >= 0.3 is 0 Å². The highest BCUT2D eigenvalue weighted by atomic mass is 35.5. The molecule has 170 valence electrons. The lowest BCUT2D eigenvalue weighted by molar-refractivity contribution is 0.0978. The number of aromatic nitrogens is 3. The van der Waals surface area contributed by atoms with Crippen LogP contribution in [0.15, 0.2) is 24.3 Å². The van der Waals surface area contributed by atoms with E-state index in [0.717, 1.165) is 47.1 Å². The van der Waals surface area contributed by atoms with E-state index in [1.165, 1.54) is 5.56 Å². The average molecular weight is 464 g/mol. The lowest BCUT2D eigenvalue weighted by atomic mass is 10.1. The van der Waals surface area contributed by atoms with E-state index in [1.54, 1.807) is 11.3 Å². The van der Waals surface area contributed by atoms with E-state index in [4.69, 9.17) is 4.98 Å². The minimum absolute atomic E-state index is 0. The highest BCUT2D eigenvalue weighted by Gasteiger charge is 2.25. The number of para-hydroxylation sites is 1. The van der Waals surface area contributed by atoms with Crippen molar-refractivity contribution in [3.63, 3.8) is 0 Å². The van der Waals surface area contributed by atoms with Gasteiger partial charge in [-0.1, -0.05) is 44.2 Å². The van der Waals surface area contributed by atoms with E-state index in [2.05, 4.69) is 62.8 Å². The third-order valence-corrected chi connectivity index (χ3v) is 6.56. The molecule has 0 N–H and O–H groups in total. The number of carbonyl (C=O) groups excluding carboxylic acids is 1. The Bertz CT molecular complexity index is 1010. The van der Waals surface area contributed by atoms with E-state index in [-0.39, 0.29) is 24.4 Å². The summed E-state index contributed by atoms with van der Waals surface area (Å²) in [6.07, 6.45) is 0.923. The molecular weight excluding hydrogens is 430 g/mol. The van der Waals surface area contributed by atoms with E-state index < -0.39 is 0 Å². The number of aryl methyl sites for hydroxylation is 2. The number of anilines is 1. The van der Waals surface area contributed by atoms with Crippen LogP contribution in [0.4, 0.5) is 5.13 Å². The van der Waals surface area contributed by atoms with Gasteiger partial charge in [0.05, 0.1) is 10.2 Å². The predicted molar refractivity (Wildman–Crippen MR) is 133 cm³/mol. The van der Waals surface area contributed by atoms with Crippen LogP contribution in [0, 0.1) is 6.92 Å². The maximum atomic E-state index is 13.6. The molecule has 2 heterocycles. The van der Waals surface area contributed by atoms with Gasteiger partial charge in [-0.15, -0.1) is 12.4 Å². The van der Waals surface area contributed by atoms with Gasteiger partial charge in [0.15, 0.2) is 10.8 Å². The molecule has 0 atom stereocenters. The molecule has 0 bridgehead atoms. The number of hydrogen-bond acceptors (Lipinski definition) is 5. The minimum atomic E-state index is -0.0817. The van der Waals surface area contributed by atoms with Crippen molar-refractivity contribution in [3.05, 3.63) is 41.2 Å². The van der Waals surface area contributed by atoms with Crippen molar-refractivity contribution in [2.24, 2.45) is 0 Å². The Labute approximate surface area is 195 Å². The van der Waals surface area contributed by atoms with Gasteiger partial charge in [0.1, 0.15) is 0 Å². The van der Waals surface area contributed by atoms with Crippen molar-refractivity contribution < 1.29 is 4.79 Å². The molecule has 0 saturated heterocycles. The van der Waals surface area contributed by atoms with Gasteiger partial charge in [-0.2, -0.15) is 5.10 Å². The number of rotatable bonds is 9. The number of likely N-dealkylation sites (N-methyl/N-ethyl adjacent to an activating group) is 1. The maximum Gasteiger partial charge on any atom is 0.280 e. The Kier molecular flexibility index (Phi) is 9.03. The topological polar surface area (TPSA) is 54.3 Å². The fraction of sp³-hybridized carbons (Fsp3) is 0.522. The number of thiazole rings is 1. The van der Waals surface area contributed by atoms with E-state index in [1.807, 2.05) is 22.6 Å². The maximum absolute atomic E-state index is 13.6. The van der Waals surface area contributed by atoms with Crippen molar-refractivity contribution in [3.8, 4) is 0 Å². The van der Waals surface area contributed by atoms with Gasteiger partial charge in [0, 0.05) is 24.8 Å². The molecule has 0 aliphatic rings. The molecule has 3 rings (SSSR count). The Morgan fingerprint density at radius 2 is 1.87 bits per heavy atom. The molecule has 1 aromatic carbocycles. The van der Waals surface area contributed by atoms with Gasteiger partial charge in [-0.3, -0.25) is 14.4 Å². The number of benzene rings is 1. The molecule has 0 aliphatic carbocycles. The number of amides is 1. The molecule has 2 aromatic heterocycles. The first-order valence-electron chi connectivity index (χ1n) is 10.9. The second-order valence-corrected chi connectivity index (χ2v) is 8.82. The summed E-state index contributed by atoms with van der Waals surface area (Å²) >= 11 is 1.58. The van der Waals surface area contributed by atoms with E-state index in [9.17, 15) is 4.79 Å². The molecule has 3 aromatic rings. The molecule has 31 heavy (non-hydrogen) atoms. The molecular formula is C23H34ClN5OS. The summed E-state index contributed by atoms with van der Waals surface area (Å²) in [6.45, 7) is 15.9. The van der Waals surface area contributed by atoms with Crippen LogP contribution in [-0.2, 0) is 6.42 Å². The second-order valence-electron chi connectivity index (χ2n) is 7.81. The number of fused-ring (bicyclic) bond motifs is 1. The van der Waals surface area contributed by atoms with Crippen LogP contribution in [0.3, 0.4) is 0 Å². The van der Waals surface area contributed by atoms with Gasteiger partial charge in [0.2, 0.25) is 0 Å². The zero-order valence-electron chi connectivity index (χ0n) is 19.4. The van der Waals surface area contributed by atoms with Gasteiger partial charge < -0.3 is 4.90 Å². The summed E-state index contributed by atoms with van der Waals surface area (Å²) in [6, 6.07) is 8.36. The summed E-state index contributed by atoms with van der Waals surface area (Å²) in [7, 11) is 0. The van der Waals surface area contributed by atoms with Gasteiger partial charge in [-0.25, -0.2) is 4.98 Å². The van der Waals surface area contributed by atoms with Crippen molar-refractivity contribution in [2.45, 2.75) is 54.0 Å². The summed E-state index contributed by atoms with van der Waals surface area (Å²) in [4.78, 5) is 22.6. The molecule has 0 fully saturated rings. The molecule has 8 heteroatoms. The monoisotopic (exact) mass is 463 g/mol. The quantitative estimate of drug-likeness (QED) is 0.429. The largest absolute Gasteiger partial charge is 0.302 e. The number of halogens is 1. The average Bonchev–Trinajstić information content (AvgIpc) is 3.34. The molecule has 0 radical (unpaired) electrons. The highest BCUT2D eigenvalue weighted by Crippen LogP contribution is 2.32. The fourth-order valence-electron chi connectivity index (χ4n) is 3.71. The van der Waals surface area contributed by atoms with Gasteiger partial charge in [0.25, 0.3) is 5.91 Å². The smallest absolute Gasteiger partial charge is 0.280 e. The molecule has 0 aliphatic heterocycles. The predicted octanol–water partition coefficient (Wildman–Crippen LogP) is 5.35. The number of hydrogen-bond donors (Lipinski definition) is 0. The standard InChI is InChI=1S/C23H33N5OS.ClH/c1-7-18-11-10-12-20-21(18)24-23(30-20)27(14-13-26(8-2)9-3)22(29)19-15-17(6)28(25-19)16(4)5;/h10-12,15-16H,7-9,13-14H2,1-6H3;1H. The van der Waals surface area contributed by atoms with Crippen LogP contribution >= 0.6 is 23.7 Å². The van der Waals surface area contributed by atoms with Crippen molar-refractivity contribution in [1.82, 2.24) is 19.7 Å². The molecule has 1 amide bonds. The molecule has 6 nitrogen and oxygen atoms in total. The number of nitrogens with zero attached hydrogens (tertiary/aromatic N) is 5. The normalized spacial score (nSPS) is 11.4. The Morgan fingerprint density at radius 1 is 1.16 bits per heavy atom. The van der Waals surface area contributed by atoms with Crippen LogP contribution in [0.5, 0.6) is 0 Å². The number of carbonyl (C=O) groups is 1. The SMILES string of the molecule is CCc1cccc2sc(N(CCN(CC)CC)C(=O)c3cc(C)n(C(C)C)n3)nc12.Cl. The van der Waals surface area contributed by atoms with Crippen molar-refractivity contribution in [2.75, 3.05) is 31.1 Å². The Hall–Kier alpha value is -1.96. The van der Waals surface area contributed by atoms with Crippen LogP contribution in [0.1, 0.15) is 62.4 Å². The first-order chi connectivity index (χ1) is 14.4. The van der Waals surface area contributed by atoms with Crippen LogP contribution in [0.2, 0.25) is 0 Å². The second kappa shape index (κ2) is 11.1. The van der Waals surface area contributed by atoms with Crippen molar-refractivity contribution >= 4 is 45.0 Å². The fourth-order valence-corrected chi connectivity index (χ4v) is 4.75. The lowest BCUT2D eigenvalue weighted by Gasteiger charge is -2.24. The zero-order chi connectivity index (χ0) is 21.8. The minimum Gasteiger partial charge on any atom is -0.302 e. The Balaban J connectivity index is 0.00000341. The van der Waals surface area contributed by atoms with Gasteiger partial charge in [-0.05, 0) is 58.0 Å². The van der Waals surface area contributed by atoms with Crippen LogP contribution in [0.25, 0.3) is 10.2 Å². The molecule has 0 unspecified atom stereocenters. The summed E-state index contributed by atoms with van der Waals surface area (Å²) in [5, 5.41) is 5.35. The van der Waals surface area contributed by atoms with E-state index >= 15 is 0 Å². The van der Waals surface area contributed by atoms with Crippen LogP contribution in [-0.4, -0.2) is 51.8 Å². The Morgan fingerprint density at radius 3 is 2.45 bits per heavy atom. The molecule has 0 saturated carbocycles. The summed E-state index contributed by atoms with van der Waals surface area (Å²) in [5.74, 6) is -0.0817. The molecule has 0 spiro atoms. The van der Waals surface area contributed by atoms with E-state index in [0.29, 0.717) is 12.2 Å². The first-order valence-corrected chi connectivity index (χ1v) is 11.7. The van der Waals surface area contributed by atoms with Crippen LogP contribution < -0.4 is 4.90 Å². The highest BCUT2D eigenvalue weighted by molar-refractivity contribution is 7.22. The zero-order valence-corrected chi connectivity index (χ0v) is 21.0. The van der Waals surface area contributed by atoms with Crippen molar-refractivity contribution in [1.29, 1.82) is 0 Å². The first kappa shape index (κ1) is 25.3. The lowest BCUT2D eigenvalue weighted by Crippen LogP contribution is -2.39. The third-order valence-electron chi connectivity index (χ3n) is 5.51.